The number of hydrogen-bond acceptors (Lipinski definition) is 2. The summed E-state index contributed by atoms with van der Waals surface area (Å²) in [5.41, 5.74) is 0.657. The number of rotatable bonds is 5. The topological polar surface area (TPSA) is 20.3 Å². The van der Waals surface area contributed by atoms with Crippen LogP contribution < -0.4 is 0 Å². The molecule has 0 radical (unpaired) electrons. The average Bonchev–Trinajstić information content (AvgIpc) is 2.20. The smallest absolute Gasteiger partial charge is 0.127 e. The number of carbonyl (C=O) groups excluding carboxylic acids is 1. The zero-order valence-electron chi connectivity index (χ0n) is 9.11. The molecule has 1 unspecified atom stereocenters. The lowest BCUT2D eigenvalue weighted by atomic mass is 10.0. The van der Waals surface area contributed by atoms with Crippen molar-refractivity contribution in [2.45, 2.75) is 18.9 Å². The number of nitrogens with zero attached hydrogens (tertiary/aromatic N) is 1. The van der Waals surface area contributed by atoms with Crippen LogP contribution in [0.4, 0.5) is 4.39 Å². The molecule has 1 rings (SSSR count). The fourth-order valence-corrected chi connectivity index (χ4v) is 1.66. The zero-order valence-corrected chi connectivity index (χ0v) is 9.11. The molecule has 0 saturated carbocycles. The Morgan fingerprint density at radius 3 is 2.60 bits per heavy atom. The molecule has 0 aliphatic carbocycles. The molecule has 0 bridgehead atoms. The first-order valence-corrected chi connectivity index (χ1v) is 5.01. The molecule has 1 aromatic rings. The van der Waals surface area contributed by atoms with E-state index in [-0.39, 0.29) is 11.9 Å². The van der Waals surface area contributed by atoms with Gasteiger partial charge < -0.3 is 9.69 Å². The Balaban J connectivity index is 2.88. The Bertz CT molecular complexity index is 325. The molecule has 1 aromatic carbocycles. The summed E-state index contributed by atoms with van der Waals surface area (Å²) in [6.07, 6.45) is 1.98. The van der Waals surface area contributed by atoms with Crippen LogP contribution in [-0.2, 0) is 4.79 Å². The zero-order chi connectivity index (χ0) is 11.3. The summed E-state index contributed by atoms with van der Waals surface area (Å²) >= 11 is 0. The van der Waals surface area contributed by atoms with Gasteiger partial charge in [0.2, 0.25) is 0 Å². The Hall–Kier alpha value is -1.22. The van der Waals surface area contributed by atoms with E-state index in [2.05, 4.69) is 0 Å². The molecule has 0 aromatic heterocycles. The molecule has 1 atom stereocenters. The summed E-state index contributed by atoms with van der Waals surface area (Å²) in [5, 5.41) is 0. The van der Waals surface area contributed by atoms with Crippen molar-refractivity contribution in [2.24, 2.45) is 0 Å². The van der Waals surface area contributed by atoms with E-state index in [9.17, 15) is 9.18 Å². The molecule has 0 aliphatic rings. The first-order chi connectivity index (χ1) is 7.16. The van der Waals surface area contributed by atoms with Crippen molar-refractivity contribution in [1.29, 1.82) is 0 Å². The third-order valence-corrected chi connectivity index (χ3v) is 2.45. The lowest BCUT2D eigenvalue weighted by Gasteiger charge is -2.24. The van der Waals surface area contributed by atoms with E-state index in [4.69, 9.17) is 0 Å². The summed E-state index contributed by atoms with van der Waals surface area (Å²) in [6.45, 7) is 0. The van der Waals surface area contributed by atoms with Crippen LogP contribution in [0.5, 0.6) is 0 Å². The van der Waals surface area contributed by atoms with Crippen molar-refractivity contribution in [3.8, 4) is 0 Å². The van der Waals surface area contributed by atoms with Crippen LogP contribution in [0.1, 0.15) is 24.4 Å². The molecule has 0 saturated heterocycles. The van der Waals surface area contributed by atoms with Gasteiger partial charge in [-0.3, -0.25) is 0 Å². The second-order valence-electron chi connectivity index (χ2n) is 3.74. The van der Waals surface area contributed by atoms with Gasteiger partial charge in [0.15, 0.2) is 0 Å². The average molecular weight is 209 g/mol. The molecule has 0 heterocycles. The standard InChI is InChI=1S/C12H16FNO/c1-14(2)12(8-5-9-15)10-6-3-4-7-11(10)13/h3-4,6-7,9,12H,5,8H2,1-2H3. The van der Waals surface area contributed by atoms with Crippen LogP contribution in [-0.4, -0.2) is 25.3 Å². The van der Waals surface area contributed by atoms with E-state index in [0.29, 0.717) is 18.4 Å². The first-order valence-electron chi connectivity index (χ1n) is 5.01. The summed E-state index contributed by atoms with van der Waals surface area (Å²) in [5.74, 6) is -0.206. The quantitative estimate of drug-likeness (QED) is 0.694. The fraction of sp³-hybridized carbons (Fsp3) is 0.417. The molecule has 0 aliphatic heterocycles. The van der Waals surface area contributed by atoms with Gasteiger partial charge in [-0.1, -0.05) is 18.2 Å². The van der Waals surface area contributed by atoms with Gasteiger partial charge in [-0.05, 0) is 26.6 Å². The molecule has 82 valence electrons. The van der Waals surface area contributed by atoms with Gasteiger partial charge in [0.05, 0.1) is 0 Å². The van der Waals surface area contributed by atoms with Crippen molar-refractivity contribution in [3.05, 3.63) is 35.6 Å². The Morgan fingerprint density at radius 1 is 1.40 bits per heavy atom. The summed E-state index contributed by atoms with van der Waals surface area (Å²) in [4.78, 5) is 12.3. The van der Waals surface area contributed by atoms with Crippen molar-refractivity contribution < 1.29 is 9.18 Å². The highest BCUT2D eigenvalue weighted by molar-refractivity contribution is 5.49. The van der Waals surface area contributed by atoms with Crippen molar-refractivity contribution >= 4 is 6.29 Å². The van der Waals surface area contributed by atoms with E-state index < -0.39 is 0 Å². The van der Waals surface area contributed by atoms with E-state index in [1.165, 1.54) is 6.07 Å². The lowest BCUT2D eigenvalue weighted by Crippen LogP contribution is -2.21. The Labute approximate surface area is 89.7 Å². The maximum absolute atomic E-state index is 13.5. The number of hydrogen-bond donors (Lipinski definition) is 0. The Morgan fingerprint density at radius 2 is 2.07 bits per heavy atom. The highest BCUT2D eigenvalue weighted by Gasteiger charge is 2.16. The molecule has 0 N–H and O–H groups in total. The van der Waals surface area contributed by atoms with Crippen LogP contribution in [0, 0.1) is 5.82 Å². The number of aldehydes is 1. The van der Waals surface area contributed by atoms with E-state index in [0.717, 1.165) is 6.29 Å². The van der Waals surface area contributed by atoms with Crippen molar-refractivity contribution in [2.75, 3.05) is 14.1 Å². The second kappa shape index (κ2) is 5.61. The highest BCUT2D eigenvalue weighted by atomic mass is 19.1. The summed E-state index contributed by atoms with van der Waals surface area (Å²) in [7, 11) is 3.78. The summed E-state index contributed by atoms with van der Waals surface area (Å²) < 4.78 is 13.5. The predicted molar refractivity (Wildman–Crippen MR) is 58.1 cm³/mol. The first kappa shape index (κ1) is 11.9. The minimum absolute atomic E-state index is 0.0311. The van der Waals surface area contributed by atoms with Crippen molar-refractivity contribution in [1.82, 2.24) is 4.90 Å². The maximum Gasteiger partial charge on any atom is 0.127 e. The monoisotopic (exact) mass is 209 g/mol. The fourth-order valence-electron chi connectivity index (χ4n) is 1.66. The Kier molecular flexibility index (Phi) is 4.43. The molecule has 0 amide bonds. The maximum atomic E-state index is 13.5. The molecular formula is C12H16FNO. The van der Waals surface area contributed by atoms with Crippen LogP contribution in [0.2, 0.25) is 0 Å². The molecular weight excluding hydrogens is 193 g/mol. The predicted octanol–water partition coefficient (Wildman–Crippen LogP) is 2.41. The number of halogens is 1. The molecule has 15 heavy (non-hydrogen) atoms. The van der Waals surface area contributed by atoms with Crippen LogP contribution in [0.15, 0.2) is 24.3 Å². The lowest BCUT2D eigenvalue weighted by molar-refractivity contribution is -0.108. The van der Waals surface area contributed by atoms with Gasteiger partial charge in [-0.15, -0.1) is 0 Å². The number of carbonyl (C=O) groups is 1. The van der Waals surface area contributed by atoms with Crippen LogP contribution in [0.25, 0.3) is 0 Å². The van der Waals surface area contributed by atoms with Gasteiger partial charge in [-0.2, -0.15) is 0 Å². The van der Waals surface area contributed by atoms with Gasteiger partial charge in [0, 0.05) is 18.0 Å². The van der Waals surface area contributed by atoms with E-state index in [1.54, 1.807) is 12.1 Å². The number of benzene rings is 1. The molecule has 0 spiro atoms. The van der Waals surface area contributed by atoms with Gasteiger partial charge in [-0.25, -0.2) is 4.39 Å². The summed E-state index contributed by atoms with van der Waals surface area (Å²) in [6, 6.07) is 6.68. The molecule has 2 nitrogen and oxygen atoms in total. The van der Waals surface area contributed by atoms with Gasteiger partial charge in [0.25, 0.3) is 0 Å². The van der Waals surface area contributed by atoms with Gasteiger partial charge >= 0.3 is 0 Å². The third kappa shape index (κ3) is 3.13. The minimum Gasteiger partial charge on any atom is -0.303 e. The van der Waals surface area contributed by atoms with Gasteiger partial charge in [0.1, 0.15) is 12.1 Å². The van der Waals surface area contributed by atoms with Crippen LogP contribution in [0.3, 0.4) is 0 Å². The molecule has 0 fully saturated rings. The van der Waals surface area contributed by atoms with E-state index in [1.807, 2.05) is 25.1 Å². The second-order valence-corrected chi connectivity index (χ2v) is 3.74. The third-order valence-electron chi connectivity index (χ3n) is 2.45. The molecule has 3 heteroatoms. The largest absolute Gasteiger partial charge is 0.303 e. The van der Waals surface area contributed by atoms with Crippen molar-refractivity contribution in [3.63, 3.8) is 0 Å². The van der Waals surface area contributed by atoms with Crippen LogP contribution >= 0.6 is 0 Å². The normalized spacial score (nSPS) is 12.8. The minimum atomic E-state index is -0.206. The SMILES string of the molecule is CN(C)C(CCC=O)c1ccccc1F. The highest BCUT2D eigenvalue weighted by Crippen LogP contribution is 2.25. The van der Waals surface area contributed by atoms with E-state index >= 15 is 0 Å².